The molecular weight excluding hydrogens is 313 g/mol. The highest BCUT2D eigenvalue weighted by Gasteiger charge is 2.20. The van der Waals surface area contributed by atoms with Gasteiger partial charge in [-0.2, -0.15) is 5.10 Å². The van der Waals surface area contributed by atoms with Gasteiger partial charge in [0.2, 0.25) is 5.75 Å². The van der Waals surface area contributed by atoms with Crippen molar-refractivity contribution in [3.05, 3.63) is 57.5 Å². The Morgan fingerprint density at radius 2 is 2.14 bits per heavy atom. The Labute approximate surface area is 128 Å². The second kappa shape index (κ2) is 5.27. The summed E-state index contributed by atoms with van der Waals surface area (Å²) in [5.41, 5.74) is 0.254. The first-order valence-corrected chi connectivity index (χ1v) is 6.56. The Bertz CT molecular complexity index is 894. The molecule has 0 unspecified atom stereocenters. The molecule has 0 aliphatic rings. The fourth-order valence-electron chi connectivity index (χ4n) is 2.05. The number of hydrogen-bond donors (Lipinski definition) is 0. The fourth-order valence-corrected chi connectivity index (χ4v) is 2.21. The molecule has 3 rings (SSSR count). The van der Waals surface area contributed by atoms with E-state index in [1.54, 1.807) is 29.9 Å². The lowest BCUT2D eigenvalue weighted by Gasteiger charge is -2.07. The number of benzene rings is 2. The summed E-state index contributed by atoms with van der Waals surface area (Å²) >= 11 is 5.57. The number of aromatic nitrogens is 2. The van der Waals surface area contributed by atoms with Crippen LogP contribution in [0.5, 0.6) is 11.5 Å². The molecule has 2 aromatic carbocycles. The Kier molecular flexibility index (Phi) is 3.42. The number of fused-ring (bicyclic) bond motifs is 1. The normalized spacial score (nSPS) is 10.9. The SMILES string of the molecule is Cn1cc2ccc(Oc3cc(F)c(Cl)cc3[N+](=O)[O-])cc2n1. The largest absolute Gasteiger partial charge is 0.450 e. The molecular formula is C14H9ClFN3O3. The third-order valence-electron chi connectivity index (χ3n) is 3.02. The molecule has 22 heavy (non-hydrogen) atoms. The first-order valence-electron chi connectivity index (χ1n) is 6.19. The van der Waals surface area contributed by atoms with Crippen LogP contribution in [0.3, 0.4) is 0 Å². The minimum atomic E-state index is -0.791. The average molecular weight is 322 g/mol. The molecule has 1 aromatic heterocycles. The van der Waals surface area contributed by atoms with E-state index < -0.39 is 16.4 Å². The van der Waals surface area contributed by atoms with Gasteiger partial charge in [-0.3, -0.25) is 14.8 Å². The monoisotopic (exact) mass is 321 g/mol. The molecule has 3 aromatic rings. The minimum absolute atomic E-state index is 0.220. The number of nitrogens with zero attached hydrogens (tertiary/aromatic N) is 3. The van der Waals surface area contributed by atoms with E-state index in [9.17, 15) is 14.5 Å². The van der Waals surface area contributed by atoms with Gasteiger partial charge in [0.15, 0.2) is 0 Å². The molecule has 0 N–H and O–H groups in total. The van der Waals surface area contributed by atoms with Crippen molar-refractivity contribution in [2.45, 2.75) is 0 Å². The third-order valence-corrected chi connectivity index (χ3v) is 3.31. The summed E-state index contributed by atoms with van der Waals surface area (Å²) in [4.78, 5) is 10.3. The maximum absolute atomic E-state index is 13.5. The summed E-state index contributed by atoms with van der Waals surface area (Å²) in [6.07, 6.45) is 1.82. The second-order valence-electron chi connectivity index (χ2n) is 4.62. The first kappa shape index (κ1) is 14.3. The second-order valence-corrected chi connectivity index (χ2v) is 5.02. The lowest BCUT2D eigenvalue weighted by atomic mass is 10.2. The number of rotatable bonds is 3. The molecule has 0 spiro atoms. The van der Waals surface area contributed by atoms with E-state index in [0.717, 1.165) is 17.5 Å². The lowest BCUT2D eigenvalue weighted by Crippen LogP contribution is -1.95. The van der Waals surface area contributed by atoms with E-state index in [1.165, 1.54) is 0 Å². The zero-order valence-electron chi connectivity index (χ0n) is 11.3. The van der Waals surface area contributed by atoms with Gasteiger partial charge in [-0.25, -0.2) is 4.39 Å². The molecule has 8 heteroatoms. The van der Waals surface area contributed by atoms with Crippen molar-refractivity contribution in [2.75, 3.05) is 0 Å². The van der Waals surface area contributed by atoms with E-state index in [1.807, 2.05) is 6.20 Å². The van der Waals surface area contributed by atoms with E-state index >= 15 is 0 Å². The number of hydrogen-bond acceptors (Lipinski definition) is 4. The van der Waals surface area contributed by atoms with Crippen molar-refractivity contribution < 1.29 is 14.1 Å². The van der Waals surface area contributed by atoms with Crippen molar-refractivity contribution in [3.8, 4) is 11.5 Å². The van der Waals surface area contributed by atoms with Gasteiger partial charge in [-0.15, -0.1) is 0 Å². The molecule has 0 amide bonds. The molecule has 0 aliphatic carbocycles. The average Bonchev–Trinajstić information content (AvgIpc) is 2.81. The van der Waals surface area contributed by atoms with Crippen LogP contribution in [0, 0.1) is 15.9 Å². The van der Waals surface area contributed by atoms with E-state index in [4.69, 9.17) is 16.3 Å². The van der Waals surface area contributed by atoms with Crippen LogP contribution in [-0.2, 0) is 7.05 Å². The Hall–Kier alpha value is -2.67. The number of nitro groups is 1. The highest BCUT2D eigenvalue weighted by atomic mass is 35.5. The predicted molar refractivity (Wildman–Crippen MR) is 78.9 cm³/mol. The van der Waals surface area contributed by atoms with Gasteiger partial charge in [0.25, 0.3) is 0 Å². The molecule has 0 saturated carbocycles. The molecule has 0 bridgehead atoms. The molecule has 0 atom stereocenters. The van der Waals surface area contributed by atoms with Crippen LogP contribution >= 0.6 is 11.6 Å². The molecule has 0 fully saturated rings. The van der Waals surface area contributed by atoms with Gasteiger partial charge in [-0.1, -0.05) is 11.6 Å². The molecule has 0 aliphatic heterocycles. The lowest BCUT2D eigenvalue weighted by molar-refractivity contribution is -0.385. The van der Waals surface area contributed by atoms with Crippen LogP contribution in [0.4, 0.5) is 10.1 Å². The van der Waals surface area contributed by atoms with E-state index in [-0.39, 0.29) is 10.8 Å². The number of ether oxygens (including phenoxy) is 1. The Morgan fingerprint density at radius 3 is 2.86 bits per heavy atom. The van der Waals surface area contributed by atoms with Crippen molar-refractivity contribution in [2.24, 2.45) is 7.05 Å². The molecule has 0 radical (unpaired) electrons. The van der Waals surface area contributed by atoms with Crippen LogP contribution in [0.15, 0.2) is 36.5 Å². The molecule has 0 saturated heterocycles. The summed E-state index contributed by atoms with van der Waals surface area (Å²) < 4.78 is 20.6. The Morgan fingerprint density at radius 1 is 1.36 bits per heavy atom. The number of aryl methyl sites for hydroxylation is 1. The predicted octanol–water partition coefficient (Wildman–Crippen LogP) is 4.07. The summed E-state index contributed by atoms with van der Waals surface area (Å²) in [6, 6.07) is 6.82. The maximum atomic E-state index is 13.5. The van der Waals surface area contributed by atoms with Crippen molar-refractivity contribution in [1.82, 2.24) is 9.78 Å². The van der Waals surface area contributed by atoms with Crippen molar-refractivity contribution in [3.63, 3.8) is 0 Å². The Balaban J connectivity index is 2.03. The van der Waals surface area contributed by atoms with Crippen molar-refractivity contribution in [1.29, 1.82) is 0 Å². The summed E-state index contributed by atoms with van der Waals surface area (Å²) in [5, 5.41) is 15.8. The van der Waals surface area contributed by atoms with Gasteiger partial charge in [0, 0.05) is 36.8 Å². The van der Waals surface area contributed by atoms with Gasteiger partial charge in [-0.05, 0) is 12.1 Å². The summed E-state index contributed by atoms with van der Waals surface area (Å²) in [7, 11) is 1.78. The molecule has 112 valence electrons. The van der Waals surface area contributed by atoms with Crippen LogP contribution in [-0.4, -0.2) is 14.7 Å². The van der Waals surface area contributed by atoms with Gasteiger partial charge in [0.05, 0.1) is 15.5 Å². The maximum Gasteiger partial charge on any atom is 0.313 e. The standard InChI is InChI=1S/C14H9ClFN3O3/c1-18-7-8-2-3-9(4-12(8)17-18)22-14-6-11(16)10(15)5-13(14)19(20)21/h2-7H,1H3. The van der Waals surface area contributed by atoms with E-state index in [2.05, 4.69) is 5.10 Å². The summed E-state index contributed by atoms with van der Waals surface area (Å²) in [5.74, 6) is -0.695. The van der Waals surface area contributed by atoms with Crippen LogP contribution < -0.4 is 4.74 Å². The number of nitro benzene ring substituents is 1. The zero-order valence-corrected chi connectivity index (χ0v) is 12.0. The van der Waals surface area contributed by atoms with Gasteiger partial charge >= 0.3 is 5.69 Å². The third kappa shape index (κ3) is 2.58. The zero-order chi connectivity index (χ0) is 15.9. The summed E-state index contributed by atoms with van der Waals surface area (Å²) in [6.45, 7) is 0. The quantitative estimate of drug-likeness (QED) is 0.538. The number of halogens is 2. The van der Waals surface area contributed by atoms with Crippen molar-refractivity contribution >= 4 is 28.2 Å². The van der Waals surface area contributed by atoms with Gasteiger partial charge in [0.1, 0.15) is 11.6 Å². The van der Waals surface area contributed by atoms with Gasteiger partial charge < -0.3 is 4.74 Å². The highest BCUT2D eigenvalue weighted by molar-refractivity contribution is 6.31. The van der Waals surface area contributed by atoms with E-state index in [0.29, 0.717) is 11.3 Å². The molecule has 1 heterocycles. The van der Waals surface area contributed by atoms with Crippen LogP contribution in [0.1, 0.15) is 0 Å². The molecule has 6 nitrogen and oxygen atoms in total. The smallest absolute Gasteiger partial charge is 0.313 e. The first-order chi connectivity index (χ1) is 10.4. The van der Waals surface area contributed by atoms with Crippen LogP contribution in [0.2, 0.25) is 5.02 Å². The van der Waals surface area contributed by atoms with Crippen LogP contribution in [0.25, 0.3) is 10.9 Å². The highest BCUT2D eigenvalue weighted by Crippen LogP contribution is 2.35. The minimum Gasteiger partial charge on any atom is -0.450 e. The fraction of sp³-hybridized carbons (Fsp3) is 0.0714. The topological polar surface area (TPSA) is 70.2 Å².